The van der Waals surface area contributed by atoms with Gasteiger partial charge in [-0.25, -0.2) is 8.42 Å². The van der Waals surface area contributed by atoms with Crippen LogP contribution in [-0.2, 0) is 10.0 Å². The highest BCUT2D eigenvalue weighted by Crippen LogP contribution is 2.64. The van der Waals surface area contributed by atoms with Crippen molar-refractivity contribution in [2.45, 2.75) is 37.0 Å². The molecule has 1 aliphatic carbocycles. The van der Waals surface area contributed by atoms with Gasteiger partial charge in [0.2, 0.25) is 21.8 Å². The van der Waals surface area contributed by atoms with Crippen molar-refractivity contribution in [3.8, 4) is 11.5 Å². The molecule has 1 spiro atoms. The minimum absolute atomic E-state index is 0.0654. The van der Waals surface area contributed by atoms with Gasteiger partial charge in [-0.2, -0.15) is 4.31 Å². The van der Waals surface area contributed by atoms with E-state index in [1.807, 2.05) is 30.3 Å². The van der Waals surface area contributed by atoms with Gasteiger partial charge in [0.25, 0.3) is 0 Å². The van der Waals surface area contributed by atoms with Gasteiger partial charge in [0.05, 0.1) is 4.90 Å². The van der Waals surface area contributed by atoms with Gasteiger partial charge in [0, 0.05) is 29.6 Å². The average Bonchev–Trinajstić information content (AvgIpc) is 3.22. The topological polar surface area (TPSA) is 76.3 Å². The molecule has 0 N–H and O–H groups in total. The van der Waals surface area contributed by atoms with Crippen LogP contribution in [0.5, 0.6) is 0 Å². The third kappa shape index (κ3) is 3.25. The van der Waals surface area contributed by atoms with Crippen LogP contribution in [0.4, 0.5) is 0 Å². The summed E-state index contributed by atoms with van der Waals surface area (Å²) in [6.07, 6.45) is 2.55. The first-order valence-electron chi connectivity index (χ1n) is 10.0. The smallest absolute Gasteiger partial charge is 0.247 e. The Morgan fingerprint density at radius 3 is 2.53 bits per heavy atom. The van der Waals surface area contributed by atoms with Crippen molar-refractivity contribution < 1.29 is 12.8 Å². The molecule has 5 rings (SSSR count). The molecule has 2 fully saturated rings. The number of sulfonamides is 1. The molecule has 1 aliphatic heterocycles. The number of aromatic nitrogens is 2. The van der Waals surface area contributed by atoms with Crippen LogP contribution in [0.25, 0.3) is 11.5 Å². The SMILES string of the molecule is Cc1c(Cl)cccc1S(=O)(=O)N1CCC2(CC1)C[C@@H]2c1nnc(-c2ccccc2)o1. The normalized spacial score (nSPS) is 21.1. The number of nitrogens with zero attached hydrogens (tertiary/aromatic N) is 3. The maximum atomic E-state index is 13.1. The summed E-state index contributed by atoms with van der Waals surface area (Å²) in [5, 5.41) is 8.95. The quantitative estimate of drug-likeness (QED) is 0.586. The maximum Gasteiger partial charge on any atom is 0.247 e. The number of hydrogen-bond acceptors (Lipinski definition) is 5. The van der Waals surface area contributed by atoms with E-state index < -0.39 is 10.0 Å². The highest BCUT2D eigenvalue weighted by Gasteiger charge is 2.59. The Morgan fingerprint density at radius 2 is 1.80 bits per heavy atom. The highest BCUT2D eigenvalue weighted by molar-refractivity contribution is 7.89. The Balaban J connectivity index is 1.29. The molecule has 30 heavy (non-hydrogen) atoms. The van der Waals surface area contributed by atoms with E-state index in [4.69, 9.17) is 16.0 Å². The lowest BCUT2D eigenvalue weighted by Gasteiger charge is -2.32. The van der Waals surface area contributed by atoms with Crippen molar-refractivity contribution in [3.63, 3.8) is 0 Å². The molecule has 6 nitrogen and oxygen atoms in total. The molecule has 0 radical (unpaired) electrons. The van der Waals surface area contributed by atoms with Gasteiger partial charge >= 0.3 is 0 Å². The van der Waals surface area contributed by atoms with E-state index in [2.05, 4.69) is 10.2 Å². The number of hydrogen-bond donors (Lipinski definition) is 0. The summed E-state index contributed by atoms with van der Waals surface area (Å²) in [6, 6.07) is 14.7. The van der Waals surface area contributed by atoms with Gasteiger partial charge in [0.1, 0.15) is 0 Å². The Kier molecular flexibility index (Phi) is 4.72. The standard InChI is InChI=1S/C22H22ClN3O3S/c1-15-18(23)8-5-9-19(15)30(27,28)26-12-10-22(11-13-26)14-17(22)21-25-24-20(29-21)16-6-3-2-4-7-16/h2-9,17H,10-14H2,1H3/t17-/m1/s1. The monoisotopic (exact) mass is 443 g/mol. The molecule has 1 atom stereocenters. The van der Waals surface area contributed by atoms with E-state index in [1.54, 1.807) is 29.4 Å². The summed E-state index contributed by atoms with van der Waals surface area (Å²) in [4.78, 5) is 0.294. The molecule has 0 unspecified atom stereocenters. The van der Waals surface area contributed by atoms with Crippen molar-refractivity contribution in [1.29, 1.82) is 0 Å². The van der Waals surface area contributed by atoms with E-state index >= 15 is 0 Å². The molecule has 8 heteroatoms. The lowest BCUT2D eigenvalue weighted by Crippen LogP contribution is -2.39. The summed E-state index contributed by atoms with van der Waals surface area (Å²) in [5.41, 5.74) is 1.57. The van der Waals surface area contributed by atoms with Crippen LogP contribution in [0.2, 0.25) is 5.02 Å². The largest absolute Gasteiger partial charge is 0.420 e. The number of rotatable bonds is 4. The van der Waals surface area contributed by atoms with Gasteiger partial charge in [-0.15, -0.1) is 10.2 Å². The van der Waals surface area contributed by atoms with Gasteiger partial charge in [0.15, 0.2) is 0 Å². The maximum absolute atomic E-state index is 13.1. The van der Waals surface area contributed by atoms with Crippen molar-refractivity contribution in [3.05, 3.63) is 65.0 Å². The molecule has 2 heterocycles. The third-order valence-electron chi connectivity index (χ3n) is 6.50. The second-order valence-corrected chi connectivity index (χ2v) is 10.5. The van der Waals surface area contributed by atoms with Gasteiger partial charge in [-0.1, -0.05) is 35.9 Å². The van der Waals surface area contributed by atoms with Crippen LogP contribution in [0.1, 0.15) is 36.6 Å². The predicted octanol–water partition coefficient (Wildman–Crippen LogP) is 4.66. The van der Waals surface area contributed by atoms with Crippen LogP contribution < -0.4 is 0 Å². The van der Waals surface area contributed by atoms with Crippen LogP contribution in [-0.4, -0.2) is 36.0 Å². The van der Waals surface area contributed by atoms with Gasteiger partial charge in [-0.05, 0) is 61.4 Å². The second-order valence-electron chi connectivity index (χ2n) is 8.20. The van der Waals surface area contributed by atoms with Crippen molar-refractivity contribution in [2.24, 2.45) is 5.41 Å². The Morgan fingerprint density at radius 1 is 1.07 bits per heavy atom. The Labute approximate surface area is 180 Å². The summed E-state index contributed by atoms with van der Waals surface area (Å²) in [5.74, 6) is 1.40. The minimum atomic E-state index is -3.55. The first kappa shape index (κ1) is 19.7. The minimum Gasteiger partial charge on any atom is -0.420 e. The zero-order valence-electron chi connectivity index (χ0n) is 16.6. The van der Waals surface area contributed by atoms with Crippen molar-refractivity contribution >= 4 is 21.6 Å². The van der Waals surface area contributed by atoms with E-state index in [0.717, 1.165) is 24.8 Å². The van der Waals surface area contributed by atoms with E-state index in [1.165, 1.54) is 0 Å². The third-order valence-corrected chi connectivity index (χ3v) is 8.96. The summed E-state index contributed by atoms with van der Waals surface area (Å²) in [6.45, 7) is 2.73. The summed E-state index contributed by atoms with van der Waals surface area (Å²) >= 11 is 6.14. The fourth-order valence-electron chi connectivity index (χ4n) is 4.50. The van der Waals surface area contributed by atoms with Crippen LogP contribution in [0, 0.1) is 12.3 Å². The van der Waals surface area contributed by atoms with Crippen molar-refractivity contribution in [1.82, 2.24) is 14.5 Å². The van der Waals surface area contributed by atoms with E-state index in [0.29, 0.717) is 40.4 Å². The summed E-state index contributed by atoms with van der Waals surface area (Å²) < 4.78 is 33.8. The molecule has 2 aliphatic rings. The highest BCUT2D eigenvalue weighted by atomic mass is 35.5. The zero-order chi connectivity index (χ0) is 20.9. The lowest BCUT2D eigenvalue weighted by molar-refractivity contribution is 0.246. The number of benzene rings is 2. The van der Waals surface area contributed by atoms with Crippen LogP contribution in [0.3, 0.4) is 0 Å². The lowest BCUT2D eigenvalue weighted by atomic mass is 9.92. The average molecular weight is 444 g/mol. The molecule has 1 saturated heterocycles. The predicted molar refractivity (Wildman–Crippen MR) is 114 cm³/mol. The van der Waals surface area contributed by atoms with E-state index in [-0.39, 0.29) is 11.3 Å². The summed E-state index contributed by atoms with van der Waals surface area (Å²) in [7, 11) is -3.55. The van der Waals surface area contributed by atoms with Crippen LogP contribution >= 0.6 is 11.6 Å². The van der Waals surface area contributed by atoms with Crippen LogP contribution in [0.15, 0.2) is 57.8 Å². The molecule has 1 saturated carbocycles. The molecule has 0 bridgehead atoms. The number of halogens is 1. The first-order valence-corrected chi connectivity index (χ1v) is 11.9. The first-order chi connectivity index (χ1) is 14.4. The molecule has 0 amide bonds. The van der Waals surface area contributed by atoms with E-state index in [9.17, 15) is 8.42 Å². The van der Waals surface area contributed by atoms with Gasteiger partial charge in [-0.3, -0.25) is 0 Å². The molecule has 1 aromatic heterocycles. The zero-order valence-corrected chi connectivity index (χ0v) is 18.2. The fraction of sp³-hybridized carbons (Fsp3) is 0.364. The molecular weight excluding hydrogens is 422 g/mol. The number of piperidine rings is 1. The molecular formula is C22H22ClN3O3S. The van der Waals surface area contributed by atoms with Crippen molar-refractivity contribution in [2.75, 3.05) is 13.1 Å². The molecule has 3 aromatic rings. The Hall–Kier alpha value is -2.22. The fourth-order valence-corrected chi connectivity index (χ4v) is 6.42. The Bertz CT molecular complexity index is 1190. The van der Waals surface area contributed by atoms with Gasteiger partial charge < -0.3 is 4.42 Å². The molecule has 156 valence electrons. The molecule has 2 aromatic carbocycles. The second kappa shape index (κ2) is 7.18.